The molecule has 0 aromatic heterocycles. The Morgan fingerprint density at radius 3 is 2.33 bits per heavy atom. The molecule has 0 saturated carbocycles. The van der Waals surface area contributed by atoms with Gasteiger partial charge in [-0.15, -0.1) is 0 Å². The van der Waals surface area contributed by atoms with E-state index in [1.807, 2.05) is 6.92 Å². The van der Waals surface area contributed by atoms with Crippen molar-refractivity contribution < 1.29 is 12.8 Å². The predicted octanol–water partition coefficient (Wildman–Crippen LogP) is 1.91. The van der Waals surface area contributed by atoms with E-state index in [4.69, 9.17) is 5.73 Å². The van der Waals surface area contributed by atoms with Gasteiger partial charge in [0, 0.05) is 17.5 Å². The Kier molecular flexibility index (Phi) is 4.87. The topological polar surface area (TPSA) is 60.2 Å². The van der Waals surface area contributed by atoms with Crippen molar-refractivity contribution in [3.05, 3.63) is 35.6 Å². The Morgan fingerprint density at radius 2 is 1.83 bits per heavy atom. The fourth-order valence-corrected chi connectivity index (χ4v) is 2.56. The summed E-state index contributed by atoms with van der Waals surface area (Å²) in [5.74, 6) is -0.113. The van der Waals surface area contributed by atoms with Gasteiger partial charge in [0.1, 0.15) is 15.7 Å². The molecule has 0 aliphatic rings. The Morgan fingerprint density at radius 1 is 1.28 bits per heavy atom. The van der Waals surface area contributed by atoms with Crippen molar-refractivity contribution in [2.24, 2.45) is 5.73 Å². The number of hydrogen-bond donors (Lipinski definition) is 1. The standard InChI is InChI=1S/C13H20FNO2S/c1-13(15,8-3-9-18(2,16)17)10-11-4-6-12(14)7-5-11/h4-7H,3,8-10,15H2,1-2H3. The zero-order chi connectivity index (χ0) is 13.8. The van der Waals surface area contributed by atoms with Gasteiger partial charge >= 0.3 is 0 Å². The minimum absolute atomic E-state index is 0.156. The third-order valence-electron chi connectivity index (χ3n) is 2.78. The van der Waals surface area contributed by atoms with Gasteiger partial charge in [0.15, 0.2) is 0 Å². The van der Waals surface area contributed by atoms with E-state index in [0.717, 1.165) is 5.56 Å². The average molecular weight is 273 g/mol. The second-order valence-corrected chi connectivity index (χ2v) is 7.45. The van der Waals surface area contributed by atoms with E-state index >= 15 is 0 Å². The highest BCUT2D eigenvalue weighted by atomic mass is 32.2. The van der Waals surface area contributed by atoms with Gasteiger partial charge in [0.2, 0.25) is 0 Å². The molecular formula is C13H20FNO2S. The number of halogens is 1. The number of benzene rings is 1. The zero-order valence-electron chi connectivity index (χ0n) is 10.8. The summed E-state index contributed by atoms with van der Waals surface area (Å²) in [5, 5.41) is 0. The monoisotopic (exact) mass is 273 g/mol. The van der Waals surface area contributed by atoms with Crippen molar-refractivity contribution >= 4 is 9.84 Å². The van der Waals surface area contributed by atoms with E-state index in [9.17, 15) is 12.8 Å². The molecule has 1 rings (SSSR count). The van der Waals surface area contributed by atoms with E-state index in [0.29, 0.717) is 19.3 Å². The van der Waals surface area contributed by atoms with Gasteiger partial charge in [0.05, 0.1) is 0 Å². The van der Waals surface area contributed by atoms with Crippen LogP contribution in [-0.2, 0) is 16.3 Å². The molecule has 1 aromatic carbocycles. The lowest BCUT2D eigenvalue weighted by Gasteiger charge is -2.24. The Balaban J connectivity index is 2.51. The molecule has 18 heavy (non-hydrogen) atoms. The van der Waals surface area contributed by atoms with Crippen LogP contribution in [0.1, 0.15) is 25.3 Å². The molecule has 3 nitrogen and oxygen atoms in total. The zero-order valence-corrected chi connectivity index (χ0v) is 11.6. The van der Waals surface area contributed by atoms with E-state index in [-0.39, 0.29) is 11.6 Å². The number of sulfone groups is 1. The summed E-state index contributed by atoms with van der Waals surface area (Å²) in [7, 11) is -2.93. The summed E-state index contributed by atoms with van der Waals surface area (Å²) < 4.78 is 34.8. The first kappa shape index (κ1) is 15.1. The van der Waals surface area contributed by atoms with Gasteiger partial charge in [-0.05, 0) is 43.9 Å². The van der Waals surface area contributed by atoms with Gasteiger partial charge in [-0.25, -0.2) is 12.8 Å². The average Bonchev–Trinajstić information content (AvgIpc) is 2.18. The Labute approximate surface area is 108 Å². The quantitative estimate of drug-likeness (QED) is 0.861. The third kappa shape index (κ3) is 6.12. The van der Waals surface area contributed by atoms with E-state index in [1.165, 1.54) is 18.4 Å². The first-order valence-corrected chi connectivity index (χ1v) is 7.95. The summed E-state index contributed by atoms with van der Waals surface area (Å²) >= 11 is 0. The van der Waals surface area contributed by atoms with Crippen molar-refractivity contribution in [3.63, 3.8) is 0 Å². The molecule has 5 heteroatoms. The highest BCUT2D eigenvalue weighted by molar-refractivity contribution is 7.90. The van der Waals surface area contributed by atoms with Crippen LogP contribution in [0.5, 0.6) is 0 Å². The van der Waals surface area contributed by atoms with Crippen LogP contribution < -0.4 is 5.73 Å². The van der Waals surface area contributed by atoms with Crippen LogP contribution in [0, 0.1) is 5.82 Å². The van der Waals surface area contributed by atoms with Gasteiger partial charge in [0.25, 0.3) is 0 Å². The number of rotatable bonds is 6. The SMILES string of the molecule is CC(N)(CCCS(C)(=O)=O)Cc1ccc(F)cc1. The Hall–Kier alpha value is -0.940. The highest BCUT2D eigenvalue weighted by Crippen LogP contribution is 2.17. The largest absolute Gasteiger partial charge is 0.325 e. The van der Waals surface area contributed by atoms with Crippen LogP contribution in [0.2, 0.25) is 0 Å². The van der Waals surface area contributed by atoms with Gasteiger partial charge in [-0.3, -0.25) is 0 Å². The first-order valence-electron chi connectivity index (χ1n) is 5.89. The second-order valence-electron chi connectivity index (χ2n) is 5.19. The van der Waals surface area contributed by atoms with Crippen LogP contribution in [0.15, 0.2) is 24.3 Å². The molecule has 1 unspecified atom stereocenters. The molecule has 0 saturated heterocycles. The maximum atomic E-state index is 12.8. The summed E-state index contributed by atoms with van der Waals surface area (Å²) in [6, 6.07) is 6.22. The molecule has 2 N–H and O–H groups in total. The van der Waals surface area contributed by atoms with Crippen LogP contribution in [-0.4, -0.2) is 26.0 Å². The molecule has 0 fully saturated rings. The van der Waals surface area contributed by atoms with Crippen LogP contribution in [0.25, 0.3) is 0 Å². The van der Waals surface area contributed by atoms with E-state index in [1.54, 1.807) is 12.1 Å². The minimum Gasteiger partial charge on any atom is -0.325 e. The van der Waals surface area contributed by atoms with Crippen LogP contribution in [0.3, 0.4) is 0 Å². The minimum atomic E-state index is -2.93. The molecule has 0 amide bonds. The van der Waals surface area contributed by atoms with Crippen molar-refractivity contribution in [1.29, 1.82) is 0 Å². The third-order valence-corrected chi connectivity index (χ3v) is 3.81. The van der Waals surface area contributed by atoms with Gasteiger partial charge in [-0.1, -0.05) is 12.1 Å². The lowest BCUT2D eigenvalue weighted by atomic mass is 9.90. The normalized spacial score (nSPS) is 15.3. The summed E-state index contributed by atoms with van der Waals surface area (Å²) in [4.78, 5) is 0. The first-order chi connectivity index (χ1) is 8.18. The smallest absolute Gasteiger partial charge is 0.147 e. The number of hydrogen-bond acceptors (Lipinski definition) is 3. The van der Waals surface area contributed by atoms with Crippen molar-refractivity contribution in [3.8, 4) is 0 Å². The summed E-state index contributed by atoms with van der Waals surface area (Å²) in [6.45, 7) is 1.89. The molecule has 0 spiro atoms. The molecule has 1 atom stereocenters. The van der Waals surface area contributed by atoms with Crippen molar-refractivity contribution in [1.82, 2.24) is 0 Å². The van der Waals surface area contributed by atoms with Gasteiger partial charge in [-0.2, -0.15) is 0 Å². The fraction of sp³-hybridized carbons (Fsp3) is 0.538. The molecular weight excluding hydrogens is 253 g/mol. The fourth-order valence-electron chi connectivity index (χ4n) is 1.90. The molecule has 0 aliphatic carbocycles. The Bertz CT molecular complexity index is 480. The van der Waals surface area contributed by atoms with Crippen molar-refractivity contribution in [2.75, 3.05) is 12.0 Å². The molecule has 0 radical (unpaired) electrons. The van der Waals surface area contributed by atoms with Crippen LogP contribution >= 0.6 is 0 Å². The molecule has 0 bridgehead atoms. The highest BCUT2D eigenvalue weighted by Gasteiger charge is 2.19. The predicted molar refractivity (Wildman–Crippen MR) is 71.6 cm³/mol. The summed E-state index contributed by atoms with van der Waals surface area (Å²) in [5.41, 5.74) is 6.62. The van der Waals surface area contributed by atoms with Crippen molar-refractivity contribution in [2.45, 2.75) is 31.7 Å². The molecule has 0 aliphatic heterocycles. The maximum absolute atomic E-state index is 12.8. The molecule has 102 valence electrons. The number of nitrogens with two attached hydrogens (primary N) is 1. The molecule has 0 heterocycles. The molecule has 1 aromatic rings. The second kappa shape index (κ2) is 5.80. The van der Waals surface area contributed by atoms with Crippen LogP contribution in [0.4, 0.5) is 4.39 Å². The maximum Gasteiger partial charge on any atom is 0.147 e. The van der Waals surface area contributed by atoms with Gasteiger partial charge < -0.3 is 5.73 Å². The van der Waals surface area contributed by atoms with E-state index < -0.39 is 15.4 Å². The lowest BCUT2D eigenvalue weighted by molar-refractivity contribution is 0.424. The lowest BCUT2D eigenvalue weighted by Crippen LogP contribution is -2.38. The van der Waals surface area contributed by atoms with E-state index in [2.05, 4.69) is 0 Å². The summed E-state index contributed by atoms with van der Waals surface area (Å²) in [6.07, 6.45) is 3.00.